The van der Waals surface area contributed by atoms with Gasteiger partial charge in [-0.3, -0.25) is 9.59 Å². The molecule has 1 N–H and O–H groups in total. The quantitative estimate of drug-likeness (QED) is 0.640. The molecule has 2 atom stereocenters. The summed E-state index contributed by atoms with van der Waals surface area (Å²) in [5.74, 6) is -0.395. The van der Waals surface area contributed by atoms with Crippen LogP contribution in [0.1, 0.15) is 44.2 Å². The van der Waals surface area contributed by atoms with Crippen LogP contribution in [0.5, 0.6) is 0 Å². The molecule has 22 heavy (non-hydrogen) atoms. The fourth-order valence-corrected chi connectivity index (χ4v) is 2.38. The summed E-state index contributed by atoms with van der Waals surface area (Å²) in [5.41, 5.74) is 0.948. The molecule has 1 aliphatic heterocycles. The Morgan fingerprint density at radius 3 is 2.68 bits per heavy atom. The Labute approximate surface area is 131 Å². The molecule has 1 aromatic rings. The molecule has 1 aromatic carbocycles. The Hall–Kier alpha value is -2.10. The number of benzene rings is 1. The number of carbonyl (C=O) groups is 2. The number of hydrogen-bond donors (Lipinski definition) is 1. The van der Waals surface area contributed by atoms with Crippen LogP contribution in [0.25, 0.3) is 0 Å². The van der Waals surface area contributed by atoms with Crippen molar-refractivity contribution in [1.82, 2.24) is 5.32 Å². The van der Waals surface area contributed by atoms with Crippen LogP contribution in [0.2, 0.25) is 0 Å². The van der Waals surface area contributed by atoms with Gasteiger partial charge in [0.25, 0.3) is 0 Å². The van der Waals surface area contributed by atoms with Crippen LogP contribution in [0, 0.1) is 5.92 Å². The molecule has 0 radical (unpaired) electrons. The van der Waals surface area contributed by atoms with E-state index < -0.39 is 0 Å². The summed E-state index contributed by atoms with van der Waals surface area (Å²) >= 11 is 0. The van der Waals surface area contributed by atoms with Gasteiger partial charge in [0.15, 0.2) is 0 Å². The maximum atomic E-state index is 12.0. The lowest BCUT2D eigenvalue weighted by atomic mass is 10.1. The predicted octanol–water partition coefficient (Wildman–Crippen LogP) is 3.15. The largest absolute Gasteiger partial charge is 0.463 e. The minimum Gasteiger partial charge on any atom is -0.463 e. The topological polar surface area (TPSA) is 55.4 Å². The second-order valence-corrected chi connectivity index (χ2v) is 5.66. The highest BCUT2D eigenvalue weighted by atomic mass is 16.5. The number of hydrogen-bond acceptors (Lipinski definition) is 3. The molecule has 0 aliphatic carbocycles. The first-order chi connectivity index (χ1) is 10.7. The van der Waals surface area contributed by atoms with E-state index in [1.807, 2.05) is 49.4 Å². The smallest absolute Gasteiger partial charge is 0.309 e. The third-order valence-corrected chi connectivity index (χ3v) is 3.76. The molecule has 0 unspecified atom stereocenters. The Morgan fingerprint density at radius 1 is 1.14 bits per heavy atom. The first kappa shape index (κ1) is 16.3. The number of rotatable bonds is 1. The number of cyclic esters (lactones) is 1. The van der Waals surface area contributed by atoms with Crippen molar-refractivity contribution in [2.45, 2.75) is 38.6 Å². The lowest BCUT2D eigenvalue weighted by Crippen LogP contribution is -2.32. The van der Waals surface area contributed by atoms with Crippen LogP contribution in [-0.2, 0) is 14.3 Å². The van der Waals surface area contributed by atoms with Crippen LogP contribution >= 0.6 is 0 Å². The second kappa shape index (κ2) is 8.37. The van der Waals surface area contributed by atoms with Gasteiger partial charge in [-0.25, -0.2) is 0 Å². The number of carbonyl (C=O) groups excluding carboxylic acids is 2. The van der Waals surface area contributed by atoms with Crippen molar-refractivity contribution in [2.24, 2.45) is 5.92 Å². The fraction of sp³-hybridized carbons (Fsp3) is 0.444. The van der Waals surface area contributed by atoms with Gasteiger partial charge in [-0.1, -0.05) is 49.4 Å². The van der Waals surface area contributed by atoms with Gasteiger partial charge in [-0.05, 0) is 24.8 Å². The van der Waals surface area contributed by atoms with Crippen molar-refractivity contribution in [2.75, 3.05) is 6.61 Å². The number of amides is 1. The molecule has 1 aliphatic rings. The highest BCUT2D eigenvalue weighted by Crippen LogP contribution is 2.16. The van der Waals surface area contributed by atoms with E-state index in [-0.39, 0.29) is 30.4 Å². The lowest BCUT2D eigenvalue weighted by molar-refractivity contribution is -0.149. The second-order valence-electron chi connectivity index (χ2n) is 5.66. The zero-order chi connectivity index (χ0) is 15.8. The van der Waals surface area contributed by atoms with Crippen molar-refractivity contribution in [3.8, 4) is 0 Å². The predicted molar refractivity (Wildman–Crippen MR) is 85.1 cm³/mol. The molecule has 0 aromatic heterocycles. The van der Waals surface area contributed by atoms with Gasteiger partial charge in [0, 0.05) is 6.42 Å². The van der Waals surface area contributed by atoms with Crippen LogP contribution in [0.4, 0.5) is 0 Å². The molecule has 1 amide bonds. The molecular formula is C18H23NO3. The van der Waals surface area contributed by atoms with Crippen molar-refractivity contribution < 1.29 is 14.3 Å². The van der Waals surface area contributed by atoms with E-state index in [2.05, 4.69) is 5.32 Å². The molecule has 2 rings (SSSR count). The summed E-state index contributed by atoms with van der Waals surface area (Å²) in [5, 5.41) is 2.97. The van der Waals surface area contributed by atoms with Gasteiger partial charge >= 0.3 is 5.97 Å². The summed E-state index contributed by atoms with van der Waals surface area (Å²) in [6, 6.07) is 9.32. The highest BCUT2D eigenvalue weighted by molar-refractivity contribution is 5.76. The van der Waals surface area contributed by atoms with Crippen molar-refractivity contribution in [3.05, 3.63) is 48.0 Å². The molecule has 4 heteroatoms. The normalized spacial score (nSPS) is 24.4. The van der Waals surface area contributed by atoms with E-state index in [9.17, 15) is 9.59 Å². The number of ether oxygens (including phenoxy) is 1. The highest BCUT2D eigenvalue weighted by Gasteiger charge is 2.19. The van der Waals surface area contributed by atoms with Crippen LogP contribution in [0.15, 0.2) is 42.5 Å². The van der Waals surface area contributed by atoms with E-state index in [4.69, 9.17) is 4.74 Å². The molecule has 4 nitrogen and oxygen atoms in total. The Kier molecular flexibility index (Phi) is 6.19. The zero-order valence-corrected chi connectivity index (χ0v) is 13.0. The number of allylic oxidation sites excluding steroid dienone is 2. The van der Waals surface area contributed by atoms with Crippen LogP contribution < -0.4 is 5.32 Å². The fourth-order valence-electron chi connectivity index (χ4n) is 2.38. The first-order valence-corrected chi connectivity index (χ1v) is 7.82. The minimum atomic E-state index is -0.293. The molecule has 0 saturated carbocycles. The SMILES string of the molecule is C[C@@H]1CC=CCCCC(=O)N[C@H](c2ccccc2)COC1=O. The molecular weight excluding hydrogens is 278 g/mol. The molecule has 1 heterocycles. The van der Waals surface area contributed by atoms with E-state index >= 15 is 0 Å². The van der Waals surface area contributed by atoms with Gasteiger partial charge in [0.05, 0.1) is 12.0 Å². The van der Waals surface area contributed by atoms with E-state index in [0.29, 0.717) is 12.8 Å². The van der Waals surface area contributed by atoms with Crippen molar-refractivity contribution in [3.63, 3.8) is 0 Å². The summed E-state index contributed by atoms with van der Waals surface area (Å²) in [4.78, 5) is 24.0. The minimum absolute atomic E-state index is 0.00871. The average Bonchev–Trinajstić information content (AvgIpc) is 2.55. The maximum Gasteiger partial charge on any atom is 0.309 e. The summed E-state index contributed by atoms with van der Waals surface area (Å²) in [7, 11) is 0. The monoisotopic (exact) mass is 301 g/mol. The molecule has 0 spiro atoms. The molecule has 0 bridgehead atoms. The lowest BCUT2D eigenvalue weighted by Gasteiger charge is -2.20. The van der Waals surface area contributed by atoms with Crippen LogP contribution in [-0.4, -0.2) is 18.5 Å². The first-order valence-electron chi connectivity index (χ1n) is 7.82. The molecule has 0 fully saturated rings. The standard InChI is InChI=1S/C18H23NO3/c1-14-9-5-2-3-8-12-17(20)19-16(13-22-18(14)21)15-10-6-4-7-11-15/h2,4-7,10-11,14,16H,3,8-9,12-13H2,1H3,(H,19,20)/t14-,16+/m1/s1. The number of nitrogens with one attached hydrogen (secondary N) is 1. The van der Waals surface area contributed by atoms with Crippen molar-refractivity contribution >= 4 is 11.9 Å². The van der Waals surface area contributed by atoms with E-state index in [1.165, 1.54) is 0 Å². The summed E-state index contributed by atoms with van der Waals surface area (Å²) in [6.07, 6.45) is 6.85. The third-order valence-electron chi connectivity index (χ3n) is 3.76. The van der Waals surface area contributed by atoms with Gasteiger partial charge in [0.2, 0.25) is 5.91 Å². The van der Waals surface area contributed by atoms with Crippen molar-refractivity contribution in [1.29, 1.82) is 0 Å². The number of esters is 1. The third kappa shape index (κ3) is 5.02. The van der Waals surface area contributed by atoms with Crippen LogP contribution in [0.3, 0.4) is 0 Å². The maximum absolute atomic E-state index is 12.0. The average molecular weight is 301 g/mol. The molecule has 0 saturated heterocycles. The zero-order valence-electron chi connectivity index (χ0n) is 13.0. The van der Waals surface area contributed by atoms with Gasteiger partial charge < -0.3 is 10.1 Å². The van der Waals surface area contributed by atoms with Gasteiger partial charge in [0.1, 0.15) is 6.61 Å². The summed E-state index contributed by atoms with van der Waals surface area (Å²) in [6.45, 7) is 2.03. The van der Waals surface area contributed by atoms with Gasteiger partial charge in [-0.15, -0.1) is 0 Å². The summed E-state index contributed by atoms with van der Waals surface area (Å²) < 4.78 is 5.40. The molecule has 118 valence electrons. The Bertz CT molecular complexity index is 524. The Morgan fingerprint density at radius 2 is 1.91 bits per heavy atom. The van der Waals surface area contributed by atoms with E-state index in [0.717, 1.165) is 18.4 Å². The van der Waals surface area contributed by atoms with Gasteiger partial charge in [-0.2, -0.15) is 0 Å². The Balaban J connectivity index is 2.11. The van der Waals surface area contributed by atoms with E-state index in [1.54, 1.807) is 0 Å².